The zero-order valence-corrected chi connectivity index (χ0v) is 18.4. The van der Waals surface area contributed by atoms with Crippen molar-refractivity contribution in [2.75, 3.05) is 19.6 Å². The van der Waals surface area contributed by atoms with Gasteiger partial charge in [-0.3, -0.25) is 0 Å². The van der Waals surface area contributed by atoms with Crippen molar-refractivity contribution >= 4 is 53.0 Å². The Morgan fingerprint density at radius 3 is 1.85 bits per heavy atom. The Balaban J connectivity index is 0.000000242. The SMILES string of the molecule is CCN(CC)CC.[AlH2][c]1cccc2ccc3cc4ccccc4cc3c12. The van der Waals surface area contributed by atoms with Crippen LogP contribution in [0.2, 0.25) is 0 Å². The molecule has 0 aliphatic carbocycles. The van der Waals surface area contributed by atoms with Crippen molar-refractivity contribution in [3.05, 3.63) is 66.7 Å². The molecule has 0 radical (unpaired) electrons. The van der Waals surface area contributed by atoms with Crippen molar-refractivity contribution < 1.29 is 0 Å². The third-order valence-electron chi connectivity index (χ3n) is 5.28. The standard InChI is InChI=1S/C18H11.C6H15N.Al.2H/c1-2-7-15-12-18-16(11-14(15)6-1)10-9-13-5-3-4-8-17(13)18;1-4-7(5-2)6-3;;;/h1-7,9-12H;4-6H2,1-3H3;;;. The Morgan fingerprint density at radius 1 is 0.654 bits per heavy atom. The van der Waals surface area contributed by atoms with Gasteiger partial charge in [-0.1, -0.05) is 75.4 Å². The number of nitrogens with zero attached hydrogens (tertiary/aromatic N) is 1. The third kappa shape index (κ3) is 3.94. The first-order valence-electron chi connectivity index (χ1n) is 9.71. The minimum absolute atomic E-state index is 1.09. The third-order valence-corrected chi connectivity index (χ3v) is 6.11. The quantitative estimate of drug-likeness (QED) is 0.290. The topological polar surface area (TPSA) is 3.24 Å². The lowest BCUT2D eigenvalue weighted by molar-refractivity contribution is 0.321. The molecule has 0 amide bonds. The highest BCUT2D eigenvalue weighted by molar-refractivity contribution is 6.41. The number of rotatable bonds is 3. The van der Waals surface area contributed by atoms with Crippen LogP contribution in [-0.2, 0) is 0 Å². The fourth-order valence-electron chi connectivity index (χ4n) is 3.66. The van der Waals surface area contributed by atoms with Crippen molar-refractivity contribution in [1.82, 2.24) is 4.90 Å². The van der Waals surface area contributed by atoms with Crippen molar-refractivity contribution in [2.24, 2.45) is 0 Å². The summed E-state index contributed by atoms with van der Waals surface area (Å²) in [6.45, 7) is 10.1. The second-order valence-corrected chi connectivity index (χ2v) is 7.86. The number of hydrogen-bond donors (Lipinski definition) is 0. The van der Waals surface area contributed by atoms with Crippen molar-refractivity contribution in [3.63, 3.8) is 0 Å². The molecule has 0 heterocycles. The molecule has 0 bridgehead atoms. The highest BCUT2D eigenvalue weighted by atomic mass is 27.0. The van der Waals surface area contributed by atoms with Gasteiger partial charge in [0.2, 0.25) is 0 Å². The molecule has 4 aromatic carbocycles. The van der Waals surface area contributed by atoms with Crippen LogP contribution < -0.4 is 4.43 Å². The lowest BCUT2D eigenvalue weighted by Gasteiger charge is -2.13. The van der Waals surface area contributed by atoms with Crippen LogP contribution in [0.3, 0.4) is 0 Å². The molecule has 0 saturated carbocycles. The van der Waals surface area contributed by atoms with Crippen molar-refractivity contribution in [1.29, 1.82) is 0 Å². The number of fused-ring (bicyclic) bond motifs is 4. The van der Waals surface area contributed by atoms with E-state index in [1.165, 1.54) is 56.4 Å². The molecule has 0 unspecified atom stereocenters. The summed E-state index contributed by atoms with van der Waals surface area (Å²) in [5.74, 6) is 0. The molecule has 2 heteroatoms. The fourth-order valence-corrected chi connectivity index (χ4v) is 4.41. The summed E-state index contributed by atoms with van der Waals surface area (Å²) in [5.41, 5.74) is 0. The monoisotopic (exact) mass is 357 g/mol. The summed E-state index contributed by atoms with van der Waals surface area (Å²) >= 11 is 1.09. The summed E-state index contributed by atoms with van der Waals surface area (Å²) in [4.78, 5) is 2.38. The minimum Gasteiger partial charge on any atom is -0.304 e. The number of hydrogen-bond acceptors (Lipinski definition) is 1. The molecule has 0 N–H and O–H groups in total. The molecule has 26 heavy (non-hydrogen) atoms. The Morgan fingerprint density at radius 2 is 1.23 bits per heavy atom. The molecule has 4 aromatic rings. The highest BCUT2D eigenvalue weighted by Gasteiger charge is 2.04. The van der Waals surface area contributed by atoms with Gasteiger partial charge < -0.3 is 4.90 Å². The van der Waals surface area contributed by atoms with Gasteiger partial charge in [0.15, 0.2) is 0 Å². The maximum absolute atomic E-state index is 2.38. The summed E-state index contributed by atoms with van der Waals surface area (Å²) in [7, 11) is 0. The number of benzene rings is 4. The molecule has 132 valence electrons. The van der Waals surface area contributed by atoms with Crippen LogP contribution in [0.25, 0.3) is 32.3 Å². The normalized spacial score (nSPS) is 11.1. The van der Waals surface area contributed by atoms with E-state index < -0.39 is 0 Å². The molecular formula is C24H28AlN. The van der Waals surface area contributed by atoms with Gasteiger partial charge in [0, 0.05) is 0 Å². The molecule has 0 spiro atoms. The van der Waals surface area contributed by atoms with E-state index in [2.05, 4.69) is 92.4 Å². The zero-order chi connectivity index (χ0) is 18.5. The second-order valence-electron chi connectivity index (χ2n) is 6.78. The lowest BCUT2D eigenvalue weighted by atomic mass is 9.98. The van der Waals surface area contributed by atoms with Gasteiger partial charge in [-0.05, 0) is 64.1 Å². The van der Waals surface area contributed by atoms with Gasteiger partial charge in [-0.15, -0.1) is 4.43 Å². The Bertz CT molecular complexity index is 1010. The summed E-state index contributed by atoms with van der Waals surface area (Å²) in [6.07, 6.45) is 0. The van der Waals surface area contributed by atoms with E-state index in [0.29, 0.717) is 0 Å². The van der Waals surface area contributed by atoms with Gasteiger partial charge in [0.05, 0.1) is 0 Å². The van der Waals surface area contributed by atoms with E-state index in [-0.39, 0.29) is 0 Å². The smallest absolute Gasteiger partial charge is 0.259 e. The first kappa shape index (κ1) is 18.9. The van der Waals surface area contributed by atoms with E-state index in [9.17, 15) is 0 Å². The van der Waals surface area contributed by atoms with E-state index >= 15 is 0 Å². The lowest BCUT2D eigenvalue weighted by Crippen LogP contribution is -2.21. The Hall–Kier alpha value is -1.85. The second kappa shape index (κ2) is 8.69. The van der Waals surface area contributed by atoms with Crippen LogP contribution in [0.15, 0.2) is 66.7 Å². The summed E-state index contributed by atoms with van der Waals surface area (Å²) in [5, 5.41) is 8.18. The predicted molar refractivity (Wildman–Crippen MR) is 121 cm³/mol. The molecule has 0 aromatic heterocycles. The van der Waals surface area contributed by atoms with Crippen molar-refractivity contribution in [2.45, 2.75) is 20.8 Å². The molecule has 0 saturated heterocycles. The Kier molecular flexibility index (Phi) is 6.33. The van der Waals surface area contributed by atoms with E-state index in [4.69, 9.17) is 0 Å². The maximum Gasteiger partial charge on any atom is 0.259 e. The molecule has 1 nitrogen and oxygen atoms in total. The minimum atomic E-state index is 1.09. The van der Waals surface area contributed by atoms with Crippen LogP contribution in [0.5, 0.6) is 0 Å². The fraction of sp³-hybridized carbons (Fsp3) is 0.250. The average Bonchev–Trinajstić information content (AvgIpc) is 2.68. The Labute approximate surface area is 165 Å². The van der Waals surface area contributed by atoms with Crippen LogP contribution in [0, 0.1) is 0 Å². The molecule has 0 aliphatic heterocycles. The van der Waals surface area contributed by atoms with Crippen molar-refractivity contribution in [3.8, 4) is 0 Å². The van der Waals surface area contributed by atoms with Gasteiger partial charge in [-0.2, -0.15) is 0 Å². The van der Waals surface area contributed by atoms with Crippen LogP contribution in [-0.4, -0.2) is 40.8 Å². The van der Waals surface area contributed by atoms with Crippen LogP contribution in [0.1, 0.15) is 20.8 Å². The maximum atomic E-state index is 2.38. The van der Waals surface area contributed by atoms with Gasteiger partial charge in [0.1, 0.15) is 0 Å². The van der Waals surface area contributed by atoms with E-state index in [0.717, 1.165) is 16.3 Å². The first-order chi connectivity index (χ1) is 12.7. The first-order valence-corrected chi connectivity index (χ1v) is 10.7. The molecule has 0 fully saturated rings. The molecule has 0 atom stereocenters. The van der Waals surface area contributed by atoms with Gasteiger partial charge in [-0.25, -0.2) is 0 Å². The summed E-state index contributed by atoms with van der Waals surface area (Å²) < 4.78 is 1.48. The van der Waals surface area contributed by atoms with E-state index in [1.54, 1.807) is 0 Å². The zero-order valence-electron chi connectivity index (χ0n) is 16.4. The highest BCUT2D eigenvalue weighted by Crippen LogP contribution is 2.28. The summed E-state index contributed by atoms with van der Waals surface area (Å²) in [6, 6.07) is 24.4. The molecule has 0 aliphatic rings. The van der Waals surface area contributed by atoms with Crippen LogP contribution in [0.4, 0.5) is 0 Å². The van der Waals surface area contributed by atoms with Gasteiger partial charge in [0.25, 0.3) is 16.3 Å². The van der Waals surface area contributed by atoms with E-state index in [1.807, 2.05) is 0 Å². The molecular weight excluding hydrogens is 329 g/mol. The van der Waals surface area contributed by atoms with Gasteiger partial charge >= 0.3 is 0 Å². The average molecular weight is 357 g/mol. The predicted octanol–water partition coefficient (Wildman–Crippen LogP) is 4.75. The van der Waals surface area contributed by atoms with Crippen LogP contribution >= 0.6 is 0 Å². The largest absolute Gasteiger partial charge is 0.304 e. The molecule has 4 rings (SSSR count).